The molecule has 28 heavy (non-hydrogen) atoms. The molecule has 0 spiro atoms. The molecule has 0 saturated heterocycles. The van der Waals surface area contributed by atoms with E-state index in [4.69, 9.17) is 4.74 Å². The Labute approximate surface area is 164 Å². The lowest BCUT2D eigenvalue weighted by Gasteiger charge is -2.11. The number of benzene rings is 3. The summed E-state index contributed by atoms with van der Waals surface area (Å²) in [6.45, 7) is 2.41. The van der Waals surface area contributed by atoms with E-state index in [0.29, 0.717) is 29.1 Å². The smallest absolute Gasteiger partial charge is 0.255 e. The molecule has 0 atom stereocenters. The van der Waals surface area contributed by atoms with Crippen molar-refractivity contribution in [1.82, 2.24) is 0 Å². The van der Waals surface area contributed by atoms with Crippen LogP contribution in [0.3, 0.4) is 0 Å². The zero-order valence-corrected chi connectivity index (χ0v) is 15.9. The molecule has 3 aromatic rings. The van der Waals surface area contributed by atoms with Gasteiger partial charge in [0.05, 0.1) is 6.61 Å². The predicted molar refractivity (Wildman–Crippen MR) is 111 cm³/mol. The third kappa shape index (κ3) is 4.84. The number of anilines is 2. The lowest BCUT2D eigenvalue weighted by Crippen LogP contribution is -2.15. The van der Waals surface area contributed by atoms with Crippen molar-refractivity contribution in [2.75, 3.05) is 17.7 Å². The molecular weight excluding hydrogens is 352 g/mol. The van der Waals surface area contributed by atoms with Crippen LogP contribution in [-0.2, 0) is 11.3 Å². The highest BCUT2D eigenvalue weighted by molar-refractivity contribution is 6.07. The number of ether oxygens (including phenoxy) is 1. The van der Waals surface area contributed by atoms with E-state index in [1.165, 1.54) is 0 Å². The summed E-state index contributed by atoms with van der Waals surface area (Å²) in [4.78, 5) is 25.0. The van der Waals surface area contributed by atoms with Gasteiger partial charge in [-0.3, -0.25) is 9.59 Å². The fraction of sp³-hybridized carbons (Fsp3) is 0.130. The van der Waals surface area contributed by atoms with Crippen LogP contribution >= 0.6 is 0 Å². The molecule has 0 fully saturated rings. The van der Waals surface area contributed by atoms with Crippen LogP contribution in [0.2, 0.25) is 0 Å². The number of aryl methyl sites for hydroxylation is 1. The Morgan fingerprint density at radius 1 is 0.821 bits per heavy atom. The highest BCUT2D eigenvalue weighted by Crippen LogP contribution is 2.19. The number of hydrogen-bond donors (Lipinski definition) is 2. The van der Waals surface area contributed by atoms with Crippen LogP contribution < -0.4 is 10.6 Å². The normalized spacial score (nSPS) is 10.4. The van der Waals surface area contributed by atoms with E-state index >= 15 is 0 Å². The van der Waals surface area contributed by atoms with Gasteiger partial charge in [0.1, 0.15) is 0 Å². The minimum absolute atomic E-state index is 0.213. The van der Waals surface area contributed by atoms with Gasteiger partial charge in [-0.1, -0.05) is 36.4 Å². The van der Waals surface area contributed by atoms with Crippen molar-refractivity contribution < 1.29 is 14.3 Å². The minimum atomic E-state index is -0.241. The third-order valence-electron chi connectivity index (χ3n) is 4.31. The van der Waals surface area contributed by atoms with Gasteiger partial charge in [-0.2, -0.15) is 0 Å². The van der Waals surface area contributed by atoms with Crippen molar-refractivity contribution >= 4 is 23.2 Å². The molecule has 3 rings (SSSR count). The lowest BCUT2D eigenvalue weighted by atomic mass is 10.1. The Morgan fingerprint density at radius 3 is 2.18 bits per heavy atom. The van der Waals surface area contributed by atoms with E-state index in [0.717, 1.165) is 11.1 Å². The Balaban J connectivity index is 1.73. The molecule has 142 valence electrons. The van der Waals surface area contributed by atoms with Gasteiger partial charge in [0, 0.05) is 29.6 Å². The highest BCUT2D eigenvalue weighted by Gasteiger charge is 2.12. The van der Waals surface area contributed by atoms with Crippen molar-refractivity contribution in [3.05, 3.63) is 95.1 Å². The van der Waals surface area contributed by atoms with Crippen molar-refractivity contribution in [2.45, 2.75) is 13.5 Å². The van der Waals surface area contributed by atoms with Crippen LogP contribution in [0.15, 0.2) is 72.8 Å². The zero-order chi connectivity index (χ0) is 19.9. The molecule has 2 N–H and O–H groups in total. The molecule has 0 aliphatic heterocycles. The molecule has 2 amide bonds. The first-order chi connectivity index (χ1) is 13.6. The minimum Gasteiger partial charge on any atom is -0.380 e. The third-order valence-corrected chi connectivity index (χ3v) is 4.31. The monoisotopic (exact) mass is 374 g/mol. The van der Waals surface area contributed by atoms with Gasteiger partial charge in [0.25, 0.3) is 11.8 Å². The molecule has 0 aliphatic carbocycles. The summed E-state index contributed by atoms with van der Waals surface area (Å²) >= 11 is 0. The van der Waals surface area contributed by atoms with Crippen LogP contribution in [0.4, 0.5) is 11.4 Å². The van der Waals surface area contributed by atoms with Gasteiger partial charge >= 0.3 is 0 Å². The van der Waals surface area contributed by atoms with Gasteiger partial charge in [0.2, 0.25) is 0 Å². The number of carbonyl (C=O) groups is 2. The van der Waals surface area contributed by atoms with Crippen LogP contribution in [0, 0.1) is 6.92 Å². The van der Waals surface area contributed by atoms with Gasteiger partial charge in [-0.25, -0.2) is 0 Å². The molecule has 5 nitrogen and oxygen atoms in total. The Bertz CT molecular complexity index is 967. The summed E-state index contributed by atoms with van der Waals surface area (Å²) in [5.41, 5.74) is 4.24. The number of amides is 2. The molecule has 0 saturated carbocycles. The summed E-state index contributed by atoms with van der Waals surface area (Å²) in [5.74, 6) is -0.454. The number of hydrogen-bond acceptors (Lipinski definition) is 3. The van der Waals surface area contributed by atoms with Gasteiger partial charge < -0.3 is 15.4 Å². The largest absolute Gasteiger partial charge is 0.380 e. The SMILES string of the molecule is COCc1ccc(NC(=O)c2ccc(C)c(NC(=O)c3ccccc3)c2)cc1. The topological polar surface area (TPSA) is 67.4 Å². The standard InChI is InChI=1S/C23H22N2O3/c1-16-8-11-19(14-21(16)25-22(26)18-6-4-3-5-7-18)23(27)24-20-12-9-17(10-13-20)15-28-2/h3-14H,15H2,1-2H3,(H,24,27)(H,25,26). The molecule has 5 heteroatoms. The van der Waals surface area contributed by atoms with E-state index < -0.39 is 0 Å². The molecule has 0 aromatic heterocycles. The van der Waals surface area contributed by atoms with Crippen LogP contribution in [0.5, 0.6) is 0 Å². The summed E-state index contributed by atoms with van der Waals surface area (Å²) in [6.07, 6.45) is 0. The summed E-state index contributed by atoms with van der Waals surface area (Å²) in [5, 5.41) is 5.74. The van der Waals surface area contributed by atoms with Gasteiger partial charge in [0.15, 0.2) is 0 Å². The van der Waals surface area contributed by atoms with E-state index in [9.17, 15) is 9.59 Å². The molecule has 0 bridgehead atoms. The maximum atomic E-state index is 12.6. The number of methoxy groups -OCH3 is 1. The van der Waals surface area contributed by atoms with Crippen molar-refractivity contribution in [3.63, 3.8) is 0 Å². The number of rotatable bonds is 6. The van der Waals surface area contributed by atoms with Crippen molar-refractivity contribution in [1.29, 1.82) is 0 Å². The Hall–Kier alpha value is -3.44. The fourth-order valence-corrected chi connectivity index (χ4v) is 2.74. The van der Waals surface area contributed by atoms with E-state index in [1.54, 1.807) is 31.4 Å². The van der Waals surface area contributed by atoms with E-state index in [2.05, 4.69) is 10.6 Å². The Morgan fingerprint density at radius 2 is 1.50 bits per heavy atom. The fourth-order valence-electron chi connectivity index (χ4n) is 2.74. The maximum Gasteiger partial charge on any atom is 0.255 e. The summed E-state index contributed by atoms with van der Waals surface area (Å²) < 4.78 is 5.08. The van der Waals surface area contributed by atoms with Crippen LogP contribution in [-0.4, -0.2) is 18.9 Å². The summed E-state index contributed by atoms with van der Waals surface area (Å²) in [6, 6.07) is 21.7. The molecule has 3 aromatic carbocycles. The average molecular weight is 374 g/mol. The molecule has 0 heterocycles. The number of nitrogens with one attached hydrogen (secondary N) is 2. The van der Waals surface area contributed by atoms with Crippen LogP contribution in [0.25, 0.3) is 0 Å². The molecular formula is C23H22N2O3. The number of carbonyl (C=O) groups excluding carboxylic acids is 2. The Kier molecular flexibility index (Phi) is 6.19. The zero-order valence-electron chi connectivity index (χ0n) is 15.9. The first-order valence-electron chi connectivity index (χ1n) is 8.93. The maximum absolute atomic E-state index is 12.6. The first kappa shape index (κ1) is 19.3. The second-order valence-electron chi connectivity index (χ2n) is 6.43. The highest BCUT2D eigenvalue weighted by atomic mass is 16.5. The average Bonchev–Trinajstić information content (AvgIpc) is 2.72. The predicted octanol–water partition coefficient (Wildman–Crippen LogP) is 4.65. The van der Waals surface area contributed by atoms with Gasteiger partial charge in [-0.05, 0) is 54.4 Å². The molecule has 0 radical (unpaired) electrons. The van der Waals surface area contributed by atoms with E-state index in [-0.39, 0.29) is 11.8 Å². The van der Waals surface area contributed by atoms with E-state index in [1.807, 2.05) is 55.5 Å². The van der Waals surface area contributed by atoms with Crippen molar-refractivity contribution in [2.24, 2.45) is 0 Å². The molecule has 0 unspecified atom stereocenters. The first-order valence-corrected chi connectivity index (χ1v) is 8.93. The second-order valence-corrected chi connectivity index (χ2v) is 6.43. The quantitative estimate of drug-likeness (QED) is 0.660. The second kappa shape index (κ2) is 8.97. The van der Waals surface area contributed by atoms with Crippen LogP contribution in [0.1, 0.15) is 31.8 Å². The van der Waals surface area contributed by atoms with Gasteiger partial charge in [-0.15, -0.1) is 0 Å². The lowest BCUT2D eigenvalue weighted by molar-refractivity contribution is 0.101. The summed E-state index contributed by atoms with van der Waals surface area (Å²) in [7, 11) is 1.64. The molecule has 0 aliphatic rings. The van der Waals surface area contributed by atoms with Crippen molar-refractivity contribution in [3.8, 4) is 0 Å².